The van der Waals surface area contributed by atoms with Crippen LogP contribution in [-0.4, -0.2) is 42.5 Å². The number of hydrogen-bond acceptors (Lipinski definition) is 8. The van der Waals surface area contributed by atoms with Gasteiger partial charge in [-0.15, -0.1) is 5.10 Å². The second-order valence-electron chi connectivity index (χ2n) is 3.71. The van der Waals surface area contributed by atoms with E-state index in [0.717, 1.165) is 10.9 Å². The lowest BCUT2D eigenvalue weighted by Gasteiger charge is -2.00. The number of nitrogens with two attached hydrogens (primary N) is 1. The van der Waals surface area contributed by atoms with Crippen LogP contribution in [0.3, 0.4) is 0 Å². The molecule has 0 fully saturated rings. The van der Waals surface area contributed by atoms with Gasteiger partial charge in [-0.3, -0.25) is 4.79 Å². The van der Waals surface area contributed by atoms with E-state index in [9.17, 15) is 9.90 Å². The molecule has 1 heterocycles. The maximum atomic E-state index is 11.5. The quantitative estimate of drug-likeness (QED) is 0.405. The third-order valence-electron chi connectivity index (χ3n) is 2.16. The fourth-order valence-corrected chi connectivity index (χ4v) is 1.30. The van der Waals surface area contributed by atoms with Crippen LogP contribution >= 0.6 is 0 Å². The summed E-state index contributed by atoms with van der Waals surface area (Å²) in [6.45, 7) is -0.191. The highest BCUT2D eigenvalue weighted by Gasteiger charge is 2.05. The van der Waals surface area contributed by atoms with Crippen molar-refractivity contribution in [3.63, 3.8) is 0 Å². The molecular formula is C10H11N7O3. The summed E-state index contributed by atoms with van der Waals surface area (Å²) in [5.41, 5.74) is 7.80. The number of anilines is 1. The van der Waals surface area contributed by atoms with Gasteiger partial charge in [0.05, 0.1) is 6.21 Å². The molecule has 20 heavy (non-hydrogen) atoms. The first-order valence-corrected chi connectivity index (χ1v) is 5.42. The predicted molar refractivity (Wildman–Crippen MR) is 67.7 cm³/mol. The monoisotopic (exact) mass is 277 g/mol. The molecule has 2 rings (SSSR count). The number of phenols is 2. The number of hydrogen-bond donors (Lipinski definition) is 4. The fourth-order valence-electron chi connectivity index (χ4n) is 1.30. The summed E-state index contributed by atoms with van der Waals surface area (Å²) in [4.78, 5) is 12.5. The molecule has 0 unspecified atom stereocenters. The number of aromatic hydroxyl groups is 2. The Morgan fingerprint density at radius 3 is 2.95 bits per heavy atom. The number of amides is 1. The molecule has 0 radical (unpaired) electrons. The van der Waals surface area contributed by atoms with Gasteiger partial charge in [-0.05, 0) is 17.3 Å². The summed E-state index contributed by atoms with van der Waals surface area (Å²) in [5, 5.41) is 32.8. The minimum Gasteiger partial charge on any atom is -0.508 e. The molecule has 2 aromatic rings. The third-order valence-corrected chi connectivity index (χ3v) is 2.16. The maximum absolute atomic E-state index is 11.5. The number of phenolic OH excluding ortho intramolecular Hbond substituents is 2. The summed E-state index contributed by atoms with van der Waals surface area (Å²) in [5.74, 6) is -0.750. The Morgan fingerprint density at radius 1 is 1.50 bits per heavy atom. The number of aromatic nitrogens is 4. The van der Waals surface area contributed by atoms with E-state index in [1.807, 2.05) is 0 Å². The van der Waals surface area contributed by atoms with Crippen molar-refractivity contribution in [3.05, 3.63) is 23.8 Å². The van der Waals surface area contributed by atoms with Gasteiger partial charge >= 0.3 is 0 Å². The Kier molecular flexibility index (Phi) is 3.75. The number of tetrazole rings is 1. The number of nitrogen functional groups attached to an aromatic ring is 1. The van der Waals surface area contributed by atoms with Gasteiger partial charge in [-0.1, -0.05) is 5.10 Å². The second-order valence-corrected chi connectivity index (χ2v) is 3.71. The summed E-state index contributed by atoms with van der Waals surface area (Å²) in [6, 6.07) is 3.98. The second kappa shape index (κ2) is 5.65. The van der Waals surface area contributed by atoms with Crippen LogP contribution in [0.25, 0.3) is 0 Å². The molecule has 5 N–H and O–H groups in total. The van der Waals surface area contributed by atoms with E-state index in [0.29, 0.717) is 5.56 Å². The van der Waals surface area contributed by atoms with Gasteiger partial charge in [0.25, 0.3) is 11.9 Å². The van der Waals surface area contributed by atoms with Crippen molar-refractivity contribution in [3.8, 4) is 11.5 Å². The van der Waals surface area contributed by atoms with Crippen molar-refractivity contribution in [2.24, 2.45) is 5.10 Å². The van der Waals surface area contributed by atoms with Gasteiger partial charge in [0, 0.05) is 11.6 Å². The highest BCUT2D eigenvalue weighted by atomic mass is 16.3. The van der Waals surface area contributed by atoms with Crippen LogP contribution in [0.4, 0.5) is 5.95 Å². The van der Waals surface area contributed by atoms with Gasteiger partial charge in [-0.25, -0.2) is 5.43 Å². The van der Waals surface area contributed by atoms with Gasteiger partial charge in [0.2, 0.25) is 0 Å². The average molecular weight is 277 g/mol. The average Bonchev–Trinajstić information content (AvgIpc) is 2.77. The van der Waals surface area contributed by atoms with Gasteiger partial charge in [0.15, 0.2) is 0 Å². The van der Waals surface area contributed by atoms with Crippen molar-refractivity contribution in [1.29, 1.82) is 0 Å². The number of rotatable bonds is 4. The lowest BCUT2D eigenvalue weighted by atomic mass is 10.2. The molecule has 0 aliphatic heterocycles. The standard InChI is InChI=1S/C10H11N7O3/c11-10-14-16-17(15-10)5-9(20)13-12-4-6-1-2-7(18)3-8(6)19/h1-4,18-19H,5H2,(H2,11,15)(H,13,20)/b12-4-. The molecule has 0 atom stereocenters. The topological polar surface area (TPSA) is 152 Å². The summed E-state index contributed by atoms with van der Waals surface area (Å²) < 4.78 is 0. The number of hydrazone groups is 1. The predicted octanol–water partition coefficient (Wildman–Crippen LogP) is -1.18. The third kappa shape index (κ3) is 3.41. The fraction of sp³-hybridized carbons (Fsp3) is 0.100. The van der Waals surface area contributed by atoms with E-state index in [1.54, 1.807) is 0 Å². The van der Waals surface area contributed by atoms with Crippen molar-refractivity contribution < 1.29 is 15.0 Å². The number of nitrogens with one attached hydrogen (secondary N) is 1. The van der Waals surface area contributed by atoms with Crippen LogP contribution in [0.15, 0.2) is 23.3 Å². The van der Waals surface area contributed by atoms with Crippen molar-refractivity contribution in [2.45, 2.75) is 6.54 Å². The molecule has 0 saturated heterocycles. The molecule has 1 aromatic heterocycles. The van der Waals surface area contributed by atoms with Crippen LogP contribution in [0.5, 0.6) is 11.5 Å². The van der Waals surface area contributed by atoms with E-state index in [4.69, 9.17) is 10.8 Å². The molecule has 0 bridgehead atoms. The Labute approximate surface area is 112 Å². The van der Waals surface area contributed by atoms with Gasteiger partial charge < -0.3 is 15.9 Å². The zero-order chi connectivity index (χ0) is 14.5. The molecule has 10 heteroatoms. The first-order chi connectivity index (χ1) is 9.54. The summed E-state index contributed by atoms with van der Waals surface area (Å²) in [7, 11) is 0. The zero-order valence-corrected chi connectivity index (χ0v) is 10.1. The molecular weight excluding hydrogens is 266 g/mol. The van der Waals surface area contributed by atoms with E-state index < -0.39 is 5.91 Å². The largest absolute Gasteiger partial charge is 0.508 e. The first-order valence-electron chi connectivity index (χ1n) is 5.42. The maximum Gasteiger partial charge on any atom is 0.263 e. The van der Waals surface area contributed by atoms with Crippen LogP contribution in [0.2, 0.25) is 0 Å². The smallest absolute Gasteiger partial charge is 0.263 e. The molecule has 104 valence electrons. The van der Waals surface area contributed by atoms with E-state index >= 15 is 0 Å². The number of benzene rings is 1. The van der Waals surface area contributed by atoms with E-state index in [1.165, 1.54) is 18.3 Å². The lowest BCUT2D eigenvalue weighted by molar-refractivity contribution is -0.122. The van der Waals surface area contributed by atoms with Gasteiger partial charge in [0.1, 0.15) is 18.0 Å². The number of nitrogens with zero attached hydrogens (tertiary/aromatic N) is 5. The van der Waals surface area contributed by atoms with Crippen molar-refractivity contribution in [2.75, 3.05) is 5.73 Å². The van der Waals surface area contributed by atoms with Crippen LogP contribution in [-0.2, 0) is 11.3 Å². The molecule has 0 spiro atoms. The Morgan fingerprint density at radius 2 is 2.30 bits per heavy atom. The minimum absolute atomic E-state index is 0.0321. The highest BCUT2D eigenvalue weighted by molar-refractivity contribution is 5.85. The molecule has 0 aliphatic rings. The Hall–Kier alpha value is -3.17. The number of carbonyl (C=O) groups is 1. The van der Waals surface area contributed by atoms with Crippen LogP contribution in [0, 0.1) is 0 Å². The van der Waals surface area contributed by atoms with Crippen molar-refractivity contribution in [1.82, 2.24) is 25.6 Å². The van der Waals surface area contributed by atoms with Crippen LogP contribution < -0.4 is 11.2 Å². The van der Waals surface area contributed by atoms with E-state index in [-0.39, 0.29) is 24.0 Å². The molecule has 0 saturated carbocycles. The normalized spacial score (nSPS) is 10.8. The van der Waals surface area contributed by atoms with Gasteiger partial charge in [-0.2, -0.15) is 9.90 Å². The highest BCUT2D eigenvalue weighted by Crippen LogP contribution is 2.20. The van der Waals surface area contributed by atoms with Crippen LogP contribution in [0.1, 0.15) is 5.56 Å². The molecule has 10 nitrogen and oxygen atoms in total. The van der Waals surface area contributed by atoms with Crippen molar-refractivity contribution >= 4 is 18.1 Å². The first kappa shape index (κ1) is 13.3. The van der Waals surface area contributed by atoms with E-state index in [2.05, 4.69) is 25.9 Å². The molecule has 0 aliphatic carbocycles. The zero-order valence-electron chi connectivity index (χ0n) is 10.1. The Balaban J connectivity index is 1.91. The lowest BCUT2D eigenvalue weighted by Crippen LogP contribution is -2.24. The SMILES string of the molecule is Nc1nnn(CC(=O)N/N=C\c2ccc(O)cc2O)n1. The molecule has 1 amide bonds. The summed E-state index contributed by atoms with van der Waals surface area (Å²) >= 11 is 0. The Bertz CT molecular complexity index is 652. The number of carbonyl (C=O) groups excluding carboxylic acids is 1. The minimum atomic E-state index is -0.489. The molecule has 1 aromatic carbocycles. The summed E-state index contributed by atoms with van der Waals surface area (Å²) in [6.07, 6.45) is 1.23.